The highest BCUT2D eigenvalue weighted by atomic mass is 19.1. The maximum absolute atomic E-state index is 14.4. The Bertz CT molecular complexity index is 593. The predicted molar refractivity (Wildman–Crippen MR) is 106 cm³/mol. The van der Waals surface area contributed by atoms with Crippen molar-refractivity contribution in [2.75, 3.05) is 26.2 Å². The van der Waals surface area contributed by atoms with Crippen molar-refractivity contribution in [3.63, 3.8) is 0 Å². The molecule has 2 N–H and O–H groups in total. The average molecular weight is 394 g/mol. The number of piperazine rings is 1. The molecule has 3 unspecified atom stereocenters. The van der Waals surface area contributed by atoms with Crippen LogP contribution in [0.3, 0.4) is 0 Å². The zero-order chi connectivity index (χ0) is 19.9. The monoisotopic (exact) mass is 393 g/mol. The second-order valence-electron chi connectivity index (χ2n) is 9.98. The lowest BCUT2D eigenvalue weighted by Gasteiger charge is -2.41. The first kappa shape index (κ1) is 20.1. The van der Waals surface area contributed by atoms with Gasteiger partial charge in [0.1, 0.15) is 6.17 Å². The predicted octanol–water partition coefficient (Wildman–Crippen LogP) is 2.73. The number of hydrogen-bond acceptors (Lipinski definition) is 3. The lowest BCUT2D eigenvalue weighted by atomic mass is 9.68. The third-order valence-corrected chi connectivity index (χ3v) is 7.89. The molecule has 1 heterocycles. The number of carbonyl (C=O) groups excluding carboxylic acids is 2. The smallest absolute Gasteiger partial charge is 0.242 e. The minimum atomic E-state index is -0.642. The molecule has 4 aliphatic rings. The topological polar surface area (TPSA) is 66.6 Å². The van der Waals surface area contributed by atoms with Crippen LogP contribution in [-0.4, -0.2) is 59.5 Å². The van der Waals surface area contributed by atoms with Crippen molar-refractivity contribution >= 4 is 11.8 Å². The fraction of sp³-hybridized carbons (Fsp3) is 0.909. The Morgan fingerprint density at radius 1 is 0.929 bits per heavy atom. The summed E-state index contributed by atoms with van der Waals surface area (Å²) in [7, 11) is 0. The largest absolute Gasteiger partial charge is 0.339 e. The first-order valence-corrected chi connectivity index (χ1v) is 11.4. The van der Waals surface area contributed by atoms with Crippen molar-refractivity contribution in [2.24, 2.45) is 29.4 Å². The zero-order valence-corrected chi connectivity index (χ0v) is 17.2. The fourth-order valence-corrected chi connectivity index (χ4v) is 5.72. The number of rotatable bonds is 3. The Kier molecular flexibility index (Phi) is 5.69. The SMILES string of the molecule is CC1CCC(F)C(C2CCC(C(=O)N3CCN(C(=O)C4(N)CC4)CC3)CC2)C1. The molecule has 3 aliphatic carbocycles. The van der Waals surface area contributed by atoms with Gasteiger partial charge in [0.15, 0.2) is 0 Å². The third-order valence-electron chi connectivity index (χ3n) is 7.89. The number of alkyl halides is 1. The molecule has 0 aromatic carbocycles. The van der Waals surface area contributed by atoms with Crippen LogP contribution >= 0.6 is 0 Å². The highest BCUT2D eigenvalue weighted by molar-refractivity contribution is 5.89. The molecule has 4 rings (SSSR count). The van der Waals surface area contributed by atoms with Crippen molar-refractivity contribution < 1.29 is 14.0 Å². The second kappa shape index (κ2) is 7.92. The van der Waals surface area contributed by atoms with Crippen LogP contribution in [0.1, 0.15) is 64.7 Å². The van der Waals surface area contributed by atoms with E-state index in [2.05, 4.69) is 6.92 Å². The highest BCUT2D eigenvalue weighted by Crippen LogP contribution is 2.43. The van der Waals surface area contributed by atoms with Gasteiger partial charge in [-0.25, -0.2) is 4.39 Å². The molecule has 3 saturated carbocycles. The first-order valence-electron chi connectivity index (χ1n) is 11.4. The van der Waals surface area contributed by atoms with E-state index in [9.17, 15) is 14.0 Å². The number of nitrogens with two attached hydrogens (primary N) is 1. The molecule has 0 aromatic heterocycles. The van der Waals surface area contributed by atoms with Crippen LogP contribution in [0.25, 0.3) is 0 Å². The van der Waals surface area contributed by atoms with Gasteiger partial charge < -0.3 is 15.5 Å². The van der Waals surface area contributed by atoms with Gasteiger partial charge in [-0.05, 0) is 75.5 Å². The molecule has 6 heteroatoms. The van der Waals surface area contributed by atoms with Gasteiger partial charge in [0.05, 0.1) is 5.54 Å². The van der Waals surface area contributed by atoms with Crippen LogP contribution < -0.4 is 5.73 Å². The van der Waals surface area contributed by atoms with Gasteiger partial charge >= 0.3 is 0 Å². The molecule has 2 amide bonds. The summed E-state index contributed by atoms with van der Waals surface area (Å²) in [5.41, 5.74) is 5.41. The van der Waals surface area contributed by atoms with Crippen LogP contribution in [0.15, 0.2) is 0 Å². The van der Waals surface area contributed by atoms with Gasteiger partial charge in [-0.15, -0.1) is 0 Å². The van der Waals surface area contributed by atoms with Crippen molar-refractivity contribution in [3.8, 4) is 0 Å². The molecule has 158 valence electrons. The van der Waals surface area contributed by atoms with Crippen LogP contribution in [0.2, 0.25) is 0 Å². The Morgan fingerprint density at radius 3 is 2.14 bits per heavy atom. The molecule has 0 bridgehead atoms. The van der Waals surface area contributed by atoms with Gasteiger partial charge in [-0.3, -0.25) is 9.59 Å². The van der Waals surface area contributed by atoms with E-state index in [1.807, 2.05) is 9.80 Å². The molecule has 1 aliphatic heterocycles. The van der Waals surface area contributed by atoms with E-state index in [1.165, 1.54) is 0 Å². The van der Waals surface area contributed by atoms with Crippen LogP contribution in [0.5, 0.6) is 0 Å². The Labute approximate surface area is 168 Å². The molecule has 28 heavy (non-hydrogen) atoms. The molecule has 5 nitrogen and oxygen atoms in total. The zero-order valence-electron chi connectivity index (χ0n) is 17.2. The van der Waals surface area contributed by atoms with Crippen molar-refractivity contribution in [3.05, 3.63) is 0 Å². The maximum atomic E-state index is 14.4. The summed E-state index contributed by atoms with van der Waals surface area (Å²) in [5, 5.41) is 0. The lowest BCUT2D eigenvalue weighted by molar-refractivity contribution is -0.144. The first-order chi connectivity index (χ1) is 13.4. The third kappa shape index (κ3) is 4.07. The summed E-state index contributed by atoms with van der Waals surface area (Å²) in [4.78, 5) is 29.1. The quantitative estimate of drug-likeness (QED) is 0.802. The van der Waals surface area contributed by atoms with Gasteiger partial charge in [-0.2, -0.15) is 0 Å². The van der Waals surface area contributed by atoms with E-state index in [0.717, 1.165) is 57.8 Å². The van der Waals surface area contributed by atoms with E-state index in [0.29, 0.717) is 38.0 Å². The molecule has 4 fully saturated rings. The Morgan fingerprint density at radius 2 is 1.54 bits per heavy atom. The van der Waals surface area contributed by atoms with Crippen LogP contribution in [0, 0.1) is 23.7 Å². The summed E-state index contributed by atoms with van der Waals surface area (Å²) >= 11 is 0. The normalized spacial score (nSPS) is 38.2. The molecule has 0 aromatic rings. The summed E-state index contributed by atoms with van der Waals surface area (Å²) in [6.45, 7) is 4.68. The maximum Gasteiger partial charge on any atom is 0.242 e. The fourth-order valence-electron chi connectivity index (χ4n) is 5.72. The lowest BCUT2D eigenvalue weighted by Crippen LogP contribution is -2.56. The minimum Gasteiger partial charge on any atom is -0.339 e. The van der Waals surface area contributed by atoms with E-state index >= 15 is 0 Å². The average Bonchev–Trinajstić information content (AvgIpc) is 3.47. The van der Waals surface area contributed by atoms with E-state index in [-0.39, 0.29) is 23.7 Å². The van der Waals surface area contributed by atoms with E-state index < -0.39 is 11.7 Å². The molecular formula is C22H36FN3O2. The molecule has 0 radical (unpaired) electrons. The van der Waals surface area contributed by atoms with Crippen molar-refractivity contribution in [1.82, 2.24) is 9.80 Å². The van der Waals surface area contributed by atoms with E-state index in [1.54, 1.807) is 0 Å². The van der Waals surface area contributed by atoms with Crippen molar-refractivity contribution in [1.29, 1.82) is 0 Å². The number of nitrogens with zero attached hydrogens (tertiary/aromatic N) is 2. The van der Waals surface area contributed by atoms with Gasteiger partial charge in [0.25, 0.3) is 0 Å². The molecular weight excluding hydrogens is 357 g/mol. The second-order valence-corrected chi connectivity index (χ2v) is 9.98. The summed E-state index contributed by atoms with van der Waals surface area (Å²) in [6.07, 6.45) is 7.45. The van der Waals surface area contributed by atoms with E-state index in [4.69, 9.17) is 5.73 Å². The Hall–Kier alpha value is -1.17. The molecule has 3 atom stereocenters. The van der Waals surface area contributed by atoms with Gasteiger partial charge in [0, 0.05) is 32.1 Å². The number of halogens is 1. The highest BCUT2D eigenvalue weighted by Gasteiger charge is 2.48. The van der Waals surface area contributed by atoms with Crippen LogP contribution in [-0.2, 0) is 9.59 Å². The number of carbonyl (C=O) groups is 2. The summed E-state index contributed by atoms with van der Waals surface area (Å²) in [6, 6.07) is 0. The van der Waals surface area contributed by atoms with Gasteiger partial charge in [0.2, 0.25) is 11.8 Å². The number of amides is 2. The molecule has 1 saturated heterocycles. The van der Waals surface area contributed by atoms with Gasteiger partial charge in [-0.1, -0.05) is 6.92 Å². The standard InChI is InChI=1S/C22H36FN3O2/c1-15-2-7-19(23)18(14-15)16-3-5-17(6-4-16)20(27)25-10-12-26(13-11-25)21(28)22(24)8-9-22/h15-19H,2-14,24H2,1H3. The van der Waals surface area contributed by atoms with Crippen LogP contribution in [0.4, 0.5) is 4.39 Å². The van der Waals surface area contributed by atoms with Crippen molar-refractivity contribution in [2.45, 2.75) is 76.4 Å². The summed E-state index contributed by atoms with van der Waals surface area (Å²) < 4.78 is 14.4. The number of hydrogen-bond donors (Lipinski definition) is 1. The minimum absolute atomic E-state index is 0.0580. The molecule has 0 spiro atoms. The summed E-state index contributed by atoms with van der Waals surface area (Å²) in [5.74, 6) is 1.69. The Balaban J connectivity index is 1.24.